The molecule has 1 saturated heterocycles. The minimum absolute atomic E-state index is 0.0572. The summed E-state index contributed by atoms with van der Waals surface area (Å²) in [6.45, 7) is 3.99. The highest BCUT2D eigenvalue weighted by Gasteiger charge is 2.61. The summed E-state index contributed by atoms with van der Waals surface area (Å²) in [5, 5.41) is 16.6. The lowest BCUT2D eigenvalue weighted by atomic mass is 9.55. The van der Waals surface area contributed by atoms with Crippen LogP contribution in [0, 0.1) is 35.8 Å². The number of carbonyl (C=O) groups excluding carboxylic acids is 2. The number of aromatic nitrogens is 1. The van der Waals surface area contributed by atoms with E-state index in [4.69, 9.17) is 0 Å². The Morgan fingerprint density at radius 1 is 0.711 bits per heavy atom. The van der Waals surface area contributed by atoms with Crippen LogP contribution in [0.5, 0.6) is 0 Å². The minimum Gasteiger partial charge on any atom is -0.318 e. The molecule has 0 N–H and O–H groups in total. The summed E-state index contributed by atoms with van der Waals surface area (Å²) in [7, 11) is 0. The van der Waals surface area contributed by atoms with Gasteiger partial charge in [0.25, 0.3) is 17.5 Å². The van der Waals surface area contributed by atoms with E-state index in [1.165, 1.54) is 12.1 Å². The molecule has 1 aliphatic heterocycles. The molecule has 1 fully saturated rings. The van der Waals surface area contributed by atoms with E-state index in [0.717, 1.165) is 61.0 Å². The highest BCUT2D eigenvalue weighted by atomic mass is 16.6. The number of carbonyl (C=O) groups is 2. The van der Waals surface area contributed by atoms with E-state index in [2.05, 4.69) is 33.9 Å². The maximum atomic E-state index is 13.9. The van der Waals surface area contributed by atoms with Crippen LogP contribution in [0.25, 0.3) is 16.8 Å². The van der Waals surface area contributed by atoms with E-state index in [1.54, 1.807) is 18.3 Å². The van der Waals surface area contributed by atoms with Gasteiger partial charge in [0.05, 0.1) is 23.0 Å². The second kappa shape index (κ2) is 9.95. The van der Waals surface area contributed by atoms with Crippen LogP contribution in [0.15, 0.2) is 108 Å². The fraction of sp³-hybridized carbons (Fsp3) is 0.162. The lowest BCUT2D eigenvalue weighted by Crippen LogP contribution is -2.41. The largest absolute Gasteiger partial charge is 0.318 e. The van der Waals surface area contributed by atoms with Crippen LogP contribution in [0.4, 0.5) is 5.69 Å². The summed E-state index contributed by atoms with van der Waals surface area (Å²) in [6, 6.07) is 32.9. The topological polar surface area (TPSA) is 97.8 Å². The summed E-state index contributed by atoms with van der Waals surface area (Å²) in [5.74, 6) is -1.74. The van der Waals surface area contributed by atoms with Gasteiger partial charge in [-0.25, -0.2) is 0 Å². The number of hydrogen-bond acceptors (Lipinski definition) is 5. The van der Waals surface area contributed by atoms with Gasteiger partial charge in [0.1, 0.15) is 0 Å². The number of rotatable bonds is 5. The Bertz CT molecular complexity index is 1960. The van der Waals surface area contributed by atoms with Gasteiger partial charge in [-0.2, -0.15) is 10.1 Å². The maximum Gasteiger partial charge on any atom is 0.269 e. The summed E-state index contributed by atoms with van der Waals surface area (Å²) in [4.78, 5) is 38.4. The van der Waals surface area contributed by atoms with Crippen LogP contribution in [0.2, 0.25) is 0 Å². The van der Waals surface area contributed by atoms with Crippen LogP contribution in [-0.4, -0.2) is 32.5 Å². The number of non-ortho nitro benzene ring substituents is 1. The first-order valence-corrected chi connectivity index (χ1v) is 15.0. The molecule has 8 nitrogen and oxygen atoms in total. The van der Waals surface area contributed by atoms with Crippen molar-refractivity contribution < 1.29 is 14.5 Å². The van der Waals surface area contributed by atoms with Gasteiger partial charge < -0.3 is 4.57 Å². The molecule has 2 heterocycles. The Morgan fingerprint density at radius 2 is 1.18 bits per heavy atom. The number of hydrazone groups is 1. The smallest absolute Gasteiger partial charge is 0.269 e. The third-order valence-electron chi connectivity index (χ3n) is 9.74. The van der Waals surface area contributed by atoms with Gasteiger partial charge in [0.15, 0.2) is 0 Å². The molecule has 45 heavy (non-hydrogen) atoms. The molecule has 0 radical (unpaired) electrons. The molecule has 3 aliphatic carbocycles. The molecule has 0 spiro atoms. The van der Waals surface area contributed by atoms with Crippen molar-refractivity contribution in [2.45, 2.75) is 25.7 Å². The summed E-state index contributed by atoms with van der Waals surface area (Å²) in [5.41, 5.74) is 10.1. The molecule has 8 heteroatoms. The summed E-state index contributed by atoms with van der Waals surface area (Å²) in [6.07, 6.45) is 1.62. The molecule has 1 aromatic heterocycles. The molecule has 2 amide bonds. The van der Waals surface area contributed by atoms with Crippen LogP contribution < -0.4 is 0 Å². The van der Waals surface area contributed by atoms with Crippen LogP contribution in [0.1, 0.15) is 51.0 Å². The average molecular weight is 593 g/mol. The van der Waals surface area contributed by atoms with Crippen LogP contribution in [0.3, 0.4) is 0 Å². The number of amides is 2. The van der Waals surface area contributed by atoms with Crippen molar-refractivity contribution in [1.29, 1.82) is 0 Å². The standard InChI is InChI=1S/C37H28N4O4/c1-21-19-25(22(2)39(21)26-15-11-23(12-16-26)24-13-17-27(18-14-24)41(44)45)20-38-40-36(42)34-32-28-7-3-4-8-29(28)33(35(34)37(40)43)31-10-6-5-9-30(31)32/h3-20,32-35H,1-2H3/b38-20-/t32?,33?,34-,35-/m1/s1. The van der Waals surface area contributed by atoms with Crippen molar-refractivity contribution in [3.05, 3.63) is 152 Å². The van der Waals surface area contributed by atoms with Crippen LogP contribution in [-0.2, 0) is 9.59 Å². The highest BCUT2D eigenvalue weighted by molar-refractivity contribution is 6.08. The van der Waals surface area contributed by atoms with Crippen molar-refractivity contribution in [2.24, 2.45) is 16.9 Å². The number of nitrogens with zero attached hydrogens (tertiary/aromatic N) is 4. The molecule has 2 bridgehead atoms. The van der Waals surface area contributed by atoms with E-state index in [0.29, 0.717) is 0 Å². The second-order valence-corrected chi connectivity index (χ2v) is 12.0. The Morgan fingerprint density at radius 3 is 1.64 bits per heavy atom. The first-order chi connectivity index (χ1) is 21.8. The average Bonchev–Trinajstić information content (AvgIpc) is 3.50. The summed E-state index contributed by atoms with van der Waals surface area (Å²) >= 11 is 0. The van der Waals surface area contributed by atoms with E-state index in [-0.39, 0.29) is 29.3 Å². The maximum absolute atomic E-state index is 13.9. The van der Waals surface area contributed by atoms with E-state index >= 15 is 0 Å². The van der Waals surface area contributed by atoms with Crippen LogP contribution >= 0.6 is 0 Å². The molecular formula is C37H28N4O4. The fourth-order valence-electron chi connectivity index (χ4n) is 7.79. The first kappa shape index (κ1) is 27.0. The number of benzene rings is 4. The van der Waals surface area contributed by atoms with Gasteiger partial charge in [-0.1, -0.05) is 60.7 Å². The molecule has 0 unspecified atom stereocenters. The minimum atomic E-state index is -0.467. The normalized spacial score (nSPS) is 21.2. The molecule has 220 valence electrons. The second-order valence-electron chi connectivity index (χ2n) is 12.0. The Balaban J connectivity index is 1.08. The van der Waals surface area contributed by atoms with Gasteiger partial charge in [0.2, 0.25) is 0 Å². The first-order valence-electron chi connectivity index (χ1n) is 15.0. The fourth-order valence-corrected chi connectivity index (χ4v) is 7.79. The van der Waals surface area contributed by atoms with Gasteiger partial charge in [-0.15, -0.1) is 0 Å². The van der Waals surface area contributed by atoms with Crippen molar-refractivity contribution in [3.8, 4) is 16.8 Å². The number of nitro groups is 1. The van der Waals surface area contributed by atoms with Gasteiger partial charge in [-0.3, -0.25) is 19.7 Å². The van der Waals surface area contributed by atoms with Crippen molar-refractivity contribution in [1.82, 2.24) is 9.58 Å². The molecule has 2 atom stereocenters. The third-order valence-corrected chi connectivity index (χ3v) is 9.74. The van der Waals surface area contributed by atoms with E-state index < -0.39 is 16.8 Å². The lowest BCUT2D eigenvalue weighted by Gasteiger charge is -2.45. The Kier molecular flexibility index (Phi) is 5.96. The monoisotopic (exact) mass is 592 g/mol. The van der Waals surface area contributed by atoms with Gasteiger partial charge in [0, 0.05) is 46.6 Å². The molecule has 4 aromatic carbocycles. The molecule has 4 aliphatic rings. The molecule has 9 rings (SSSR count). The van der Waals surface area contributed by atoms with Crippen molar-refractivity contribution in [2.75, 3.05) is 0 Å². The van der Waals surface area contributed by atoms with E-state index in [1.807, 2.05) is 68.4 Å². The quantitative estimate of drug-likeness (QED) is 0.0960. The van der Waals surface area contributed by atoms with E-state index in [9.17, 15) is 19.7 Å². The van der Waals surface area contributed by atoms with Crippen molar-refractivity contribution >= 4 is 23.7 Å². The zero-order valence-electron chi connectivity index (χ0n) is 24.6. The lowest BCUT2D eigenvalue weighted by molar-refractivity contribution is -0.384. The van der Waals surface area contributed by atoms with Gasteiger partial charge in [-0.05, 0) is 77.6 Å². The molecule has 5 aromatic rings. The number of hydrogen-bond donors (Lipinski definition) is 0. The summed E-state index contributed by atoms with van der Waals surface area (Å²) < 4.78 is 2.10. The predicted octanol–water partition coefficient (Wildman–Crippen LogP) is 6.90. The van der Waals surface area contributed by atoms with Gasteiger partial charge >= 0.3 is 0 Å². The van der Waals surface area contributed by atoms with Crippen molar-refractivity contribution in [3.63, 3.8) is 0 Å². The third kappa shape index (κ3) is 3.95. The number of aryl methyl sites for hydroxylation is 1. The Labute approximate surface area is 259 Å². The highest BCUT2D eigenvalue weighted by Crippen LogP contribution is 2.61. The number of nitro benzene ring substituents is 1. The molecule has 0 saturated carbocycles. The predicted molar refractivity (Wildman–Crippen MR) is 170 cm³/mol. The zero-order chi connectivity index (χ0) is 31.0. The molecular weight excluding hydrogens is 564 g/mol. The Hall–Kier alpha value is -5.63. The number of imide groups is 1. The zero-order valence-corrected chi connectivity index (χ0v) is 24.6. The SMILES string of the molecule is Cc1cc(/C=N\N2C(=O)[C@@H]3C4c5ccccc5C(c5ccccc54)[C@H]3C2=O)c(C)n1-c1ccc(-c2ccc([N+](=O)[O-])cc2)cc1.